The van der Waals surface area contributed by atoms with Crippen molar-refractivity contribution in [2.24, 2.45) is 0 Å². The van der Waals surface area contributed by atoms with Crippen LogP contribution in [-0.2, 0) is 0 Å². The van der Waals surface area contributed by atoms with E-state index >= 15 is 0 Å². The summed E-state index contributed by atoms with van der Waals surface area (Å²) < 4.78 is 52.8. The second-order valence-corrected chi connectivity index (χ2v) is 5.37. The first-order chi connectivity index (χ1) is 9.39. The fourth-order valence-corrected chi connectivity index (χ4v) is 2.93. The highest BCUT2D eigenvalue weighted by molar-refractivity contribution is 9.09. The van der Waals surface area contributed by atoms with Crippen LogP contribution in [0.25, 0.3) is 0 Å². The van der Waals surface area contributed by atoms with Gasteiger partial charge in [0.25, 0.3) is 0 Å². The lowest BCUT2D eigenvalue weighted by Gasteiger charge is -2.26. The maximum atomic E-state index is 13.3. The van der Waals surface area contributed by atoms with Gasteiger partial charge in [-0.15, -0.1) is 0 Å². The predicted molar refractivity (Wildman–Crippen MR) is 73.3 cm³/mol. The van der Waals surface area contributed by atoms with Crippen molar-refractivity contribution in [3.8, 4) is 0 Å². The third-order valence-corrected chi connectivity index (χ3v) is 4.05. The van der Waals surface area contributed by atoms with Gasteiger partial charge in [0.2, 0.25) is 0 Å². The minimum Gasteiger partial charge on any atom is -0.207 e. The van der Waals surface area contributed by atoms with E-state index in [2.05, 4.69) is 15.9 Å². The van der Waals surface area contributed by atoms with Crippen molar-refractivity contribution in [1.29, 1.82) is 0 Å². The number of hydrogen-bond acceptors (Lipinski definition) is 0. The number of halogens is 5. The van der Waals surface area contributed by atoms with E-state index in [1.54, 1.807) is 30.3 Å². The summed E-state index contributed by atoms with van der Waals surface area (Å²) >= 11 is 3.13. The summed E-state index contributed by atoms with van der Waals surface area (Å²) in [5.41, 5.74) is 0.559. The molecule has 2 rings (SSSR count). The minimum atomic E-state index is -4.43. The highest BCUT2D eigenvalue weighted by Gasteiger charge is 2.45. The first-order valence-electron chi connectivity index (χ1n) is 5.91. The summed E-state index contributed by atoms with van der Waals surface area (Å²) in [5.74, 6) is -2.29. The van der Waals surface area contributed by atoms with Crippen LogP contribution in [0.3, 0.4) is 0 Å². The molecule has 0 aliphatic heterocycles. The molecule has 0 amide bonds. The molecule has 5 heteroatoms. The van der Waals surface area contributed by atoms with Crippen molar-refractivity contribution in [2.75, 3.05) is 0 Å². The van der Waals surface area contributed by atoms with Gasteiger partial charge in [-0.1, -0.05) is 58.4 Å². The van der Waals surface area contributed by atoms with Crippen LogP contribution in [0.4, 0.5) is 17.6 Å². The van der Waals surface area contributed by atoms with Gasteiger partial charge in [-0.05, 0) is 23.3 Å². The van der Waals surface area contributed by atoms with Crippen LogP contribution in [0.5, 0.6) is 0 Å². The Bertz CT molecular complexity index is 548. The third-order valence-electron chi connectivity index (χ3n) is 2.99. The van der Waals surface area contributed by atoms with Crippen molar-refractivity contribution in [2.45, 2.75) is 16.9 Å². The Balaban J connectivity index is 2.41. The summed E-state index contributed by atoms with van der Waals surface area (Å²) in [4.78, 5) is -0.922. The largest absolute Gasteiger partial charge is 0.397 e. The molecule has 0 saturated carbocycles. The Hall–Kier alpha value is -1.36. The van der Waals surface area contributed by atoms with Gasteiger partial charge in [-0.3, -0.25) is 0 Å². The predicted octanol–water partition coefficient (Wildman–Crippen LogP) is 5.61. The van der Waals surface area contributed by atoms with E-state index in [9.17, 15) is 17.6 Å². The Kier molecular flexibility index (Phi) is 4.48. The van der Waals surface area contributed by atoms with Crippen molar-refractivity contribution in [3.63, 3.8) is 0 Å². The molecule has 2 aromatic carbocycles. The lowest BCUT2D eigenvalue weighted by atomic mass is 9.91. The smallest absolute Gasteiger partial charge is 0.207 e. The Morgan fingerprint density at radius 3 is 1.85 bits per heavy atom. The molecule has 0 aliphatic rings. The molecule has 106 valence electrons. The number of hydrogen-bond donors (Lipinski definition) is 0. The topological polar surface area (TPSA) is 0 Å². The van der Waals surface area contributed by atoms with Gasteiger partial charge in [0.15, 0.2) is 0 Å². The molecule has 0 saturated heterocycles. The van der Waals surface area contributed by atoms with Crippen LogP contribution in [0.2, 0.25) is 0 Å². The van der Waals surface area contributed by atoms with Crippen molar-refractivity contribution >= 4 is 15.9 Å². The van der Waals surface area contributed by atoms with Crippen molar-refractivity contribution < 1.29 is 17.6 Å². The minimum absolute atomic E-state index is 0.0321. The zero-order valence-electron chi connectivity index (χ0n) is 10.2. The maximum Gasteiger partial charge on any atom is 0.397 e. The summed E-state index contributed by atoms with van der Waals surface area (Å²) in [5, 5.41) is 0. The molecule has 0 N–H and O–H groups in total. The molecule has 0 bridgehead atoms. The molecule has 0 radical (unpaired) electrons. The summed E-state index contributed by atoms with van der Waals surface area (Å²) in [7, 11) is 0. The van der Waals surface area contributed by atoms with Crippen LogP contribution in [0.1, 0.15) is 21.9 Å². The lowest BCUT2D eigenvalue weighted by Crippen LogP contribution is -2.24. The van der Waals surface area contributed by atoms with Crippen LogP contribution in [0, 0.1) is 5.82 Å². The van der Waals surface area contributed by atoms with Crippen LogP contribution in [0.15, 0.2) is 54.6 Å². The first kappa shape index (κ1) is 15.0. The van der Waals surface area contributed by atoms with Gasteiger partial charge in [0.05, 0.1) is 10.7 Å². The molecule has 2 unspecified atom stereocenters. The van der Waals surface area contributed by atoms with E-state index in [4.69, 9.17) is 0 Å². The van der Waals surface area contributed by atoms with Gasteiger partial charge < -0.3 is 0 Å². The highest BCUT2D eigenvalue weighted by Crippen LogP contribution is 2.47. The lowest BCUT2D eigenvalue weighted by molar-refractivity contribution is -0.150. The first-order valence-corrected chi connectivity index (χ1v) is 6.82. The molecule has 2 aromatic rings. The van der Waals surface area contributed by atoms with Gasteiger partial charge in [0, 0.05) is 0 Å². The van der Waals surface area contributed by atoms with Gasteiger partial charge >= 0.3 is 6.18 Å². The molecule has 0 aliphatic carbocycles. The molecule has 0 fully saturated rings. The SMILES string of the molecule is Fc1ccc(C(C(Br)c2ccccc2)C(F)(F)F)cc1. The summed E-state index contributed by atoms with van der Waals surface area (Å²) in [6.45, 7) is 0. The van der Waals surface area contributed by atoms with Crippen LogP contribution < -0.4 is 0 Å². The quantitative estimate of drug-likeness (QED) is 0.500. The van der Waals surface area contributed by atoms with Gasteiger partial charge in [-0.2, -0.15) is 13.2 Å². The third kappa shape index (κ3) is 3.39. The van der Waals surface area contributed by atoms with Crippen molar-refractivity contribution in [1.82, 2.24) is 0 Å². The molecule has 20 heavy (non-hydrogen) atoms. The fraction of sp³-hybridized carbons (Fsp3) is 0.200. The van der Waals surface area contributed by atoms with Gasteiger partial charge in [-0.25, -0.2) is 4.39 Å². The van der Waals surface area contributed by atoms with E-state index in [0.717, 1.165) is 12.1 Å². The molecule has 0 heterocycles. The Morgan fingerprint density at radius 1 is 0.800 bits per heavy atom. The van der Waals surface area contributed by atoms with E-state index in [1.165, 1.54) is 12.1 Å². The molecular formula is C15H11BrF4. The molecule has 0 aromatic heterocycles. The molecular weight excluding hydrogens is 336 g/mol. The second-order valence-electron chi connectivity index (χ2n) is 4.38. The molecule has 2 atom stereocenters. The van der Waals surface area contributed by atoms with E-state index in [1.807, 2.05) is 0 Å². The molecule has 0 spiro atoms. The van der Waals surface area contributed by atoms with E-state index in [0.29, 0.717) is 5.56 Å². The fourth-order valence-electron chi connectivity index (χ4n) is 2.02. The zero-order chi connectivity index (χ0) is 14.8. The summed E-state index contributed by atoms with van der Waals surface area (Å²) in [6.07, 6.45) is -4.43. The number of rotatable bonds is 3. The standard InChI is InChI=1S/C15H11BrF4/c16-14(11-4-2-1-3-5-11)13(15(18,19)20)10-6-8-12(17)9-7-10/h1-9,13-14H. The monoisotopic (exact) mass is 346 g/mol. The van der Waals surface area contributed by atoms with Crippen LogP contribution >= 0.6 is 15.9 Å². The average Bonchev–Trinajstić information content (AvgIpc) is 2.41. The number of benzene rings is 2. The summed E-state index contributed by atoms with van der Waals surface area (Å²) in [6, 6.07) is 12.8. The Morgan fingerprint density at radius 2 is 1.35 bits per heavy atom. The number of alkyl halides is 4. The maximum absolute atomic E-state index is 13.3. The molecule has 0 nitrogen and oxygen atoms in total. The van der Waals surface area contributed by atoms with E-state index < -0.39 is 22.7 Å². The average molecular weight is 347 g/mol. The second kappa shape index (κ2) is 5.95. The van der Waals surface area contributed by atoms with E-state index in [-0.39, 0.29) is 5.56 Å². The highest BCUT2D eigenvalue weighted by atomic mass is 79.9. The van der Waals surface area contributed by atoms with Gasteiger partial charge in [0.1, 0.15) is 5.82 Å². The normalized spacial score (nSPS) is 14.8. The zero-order valence-corrected chi connectivity index (χ0v) is 11.8. The Labute approximate surface area is 122 Å². The van der Waals surface area contributed by atoms with Crippen LogP contribution in [-0.4, -0.2) is 6.18 Å². The van der Waals surface area contributed by atoms with Crippen molar-refractivity contribution in [3.05, 3.63) is 71.5 Å².